The quantitative estimate of drug-likeness (QED) is 0.290. The van der Waals surface area contributed by atoms with Crippen LogP contribution in [-0.4, -0.2) is 30.5 Å². The summed E-state index contributed by atoms with van der Waals surface area (Å²) < 4.78 is 24.2. The van der Waals surface area contributed by atoms with Crippen LogP contribution in [0.3, 0.4) is 0 Å². The van der Waals surface area contributed by atoms with Crippen LogP contribution in [0.1, 0.15) is 36.6 Å². The Morgan fingerprint density at radius 2 is 1.88 bits per heavy atom. The van der Waals surface area contributed by atoms with Gasteiger partial charge in [0.05, 0.1) is 40.1 Å². The molecule has 1 aromatic heterocycles. The number of rotatable bonds is 7. The highest BCUT2D eigenvalue weighted by Gasteiger charge is 2.36. The van der Waals surface area contributed by atoms with Gasteiger partial charge in [0.15, 0.2) is 16.3 Å². The van der Waals surface area contributed by atoms with Crippen molar-refractivity contribution in [2.24, 2.45) is 4.99 Å². The van der Waals surface area contributed by atoms with E-state index in [4.69, 9.17) is 35.5 Å². The first kappa shape index (κ1) is 26.9. The maximum atomic E-state index is 14.1. The van der Waals surface area contributed by atoms with E-state index in [-0.39, 0.29) is 24.5 Å². The number of esters is 1. The monoisotopic (exact) mass is 588 g/mol. The normalized spacial score (nSPS) is 15.9. The lowest BCUT2D eigenvalue weighted by atomic mass is 9.93. The molecule has 4 aromatic rings. The fourth-order valence-corrected chi connectivity index (χ4v) is 6.11. The Bertz CT molecular complexity index is 1860. The van der Waals surface area contributed by atoms with Gasteiger partial charge in [0.25, 0.3) is 5.56 Å². The van der Waals surface area contributed by atoms with Gasteiger partial charge in [0.1, 0.15) is 5.75 Å². The van der Waals surface area contributed by atoms with E-state index in [1.165, 1.54) is 11.3 Å². The lowest BCUT2D eigenvalue weighted by molar-refractivity contribution is -0.138. The Balaban J connectivity index is 1.60. The van der Waals surface area contributed by atoms with Gasteiger partial charge >= 0.3 is 5.97 Å². The number of nitrogens with zero attached hydrogens (tertiary/aromatic N) is 2. The summed E-state index contributed by atoms with van der Waals surface area (Å²) in [4.78, 5) is 33.0. The molecule has 0 radical (unpaired) electrons. The molecule has 0 saturated carbocycles. The van der Waals surface area contributed by atoms with Crippen LogP contribution in [0.15, 0.2) is 82.1 Å². The van der Waals surface area contributed by atoms with Crippen molar-refractivity contribution in [3.05, 3.63) is 114 Å². The number of halogens is 1. The summed E-state index contributed by atoms with van der Waals surface area (Å²) in [6.45, 7) is 4.39. The second-order valence-corrected chi connectivity index (χ2v) is 10.6. The number of aromatic nitrogens is 1. The zero-order chi connectivity index (χ0) is 28.5. The first-order chi connectivity index (χ1) is 20.0. The third-order valence-corrected chi connectivity index (χ3v) is 7.92. The molecule has 41 heavy (non-hydrogen) atoms. The summed E-state index contributed by atoms with van der Waals surface area (Å²) in [6.07, 6.45) is 1.76. The zero-order valence-electron chi connectivity index (χ0n) is 22.3. The van der Waals surface area contributed by atoms with Crippen LogP contribution in [0.25, 0.3) is 11.8 Å². The minimum Gasteiger partial charge on any atom is -0.492 e. The van der Waals surface area contributed by atoms with Gasteiger partial charge in [-0.25, -0.2) is 9.79 Å². The second kappa shape index (κ2) is 11.3. The number of carbonyl (C=O) groups is 1. The molecule has 6 rings (SSSR count). The largest absolute Gasteiger partial charge is 0.492 e. The molecule has 2 aliphatic heterocycles. The fourth-order valence-electron chi connectivity index (χ4n) is 4.87. The summed E-state index contributed by atoms with van der Waals surface area (Å²) in [5.74, 6) is 1.15. The van der Waals surface area contributed by atoms with E-state index in [1.807, 2.05) is 49.4 Å². The van der Waals surface area contributed by atoms with E-state index in [0.29, 0.717) is 49.5 Å². The van der Waals surface area contributed by atoms with Crippen molar-refractivity contribution in [1.29, 1.82) is 0 Å². The predicted molar refractivity (Wildman–Crippen MR) is 156 cm³/mol. The molecule has 3 heterocycles. The molecule has 0 aliphatic carbocycles. The molecule has 1 atom stereocenters. The third-order valence-electron chi connectivity index (χ3n) is 6.64. The van der Waals surface area contributed by atoms with Gasteiger partial charge in [-0.15, -0.1) is 0 Å². The Hall–Kier alpha value is -4.34. The standard InChI is InChI=1S/C31H25ClN2O6S/c1-3-37-22-12-10-18(14-21(22)32)15-25-29(35)34-28(20-11-13-23-24(16-20)40-17-39-23)26(30(36)38-4-2)27(33-31(34)41-25)19-8-6-5-7-9-19/h5-16,28H,3-4,17H2,1-2H3/b25-15-/t28-/m0/s1. The topological polar surface area (TPSA) is 88.4 Å². The Morgan fingerprint density at radius 1 is 1.07 bits per heavy atom. The van der Waals surface area contributed by atoms with Crippen LogP contribution in [0, 0.1) is 0 Å². The molecule has 208 valence electrons. The van der Waals surface area contributed by atoms with Crippen molar-refractivity contribution in [2.45, 2.75) is 19.9 Å². The number of carbonyl (C=O) groups excluding carboxylic acids is 1. The van der Waals surface area contributed by atoms with Crippen LogP contribution in [0.5, 0.6) is 17.2 Å². The number of benzene rings is 3. The molecule has 0 saturated heterocycles. The average molecular weight is 589 g/mol. The smallest absolute Gasteiger partial charge is 0.338 e. The van der Waals surface area contributed by atoms with E-state index in [1.54, 1.807) is 41.8 Å². The zero-order valence-corrected chi connectivity index (χ0v) is 23.8. The molecule has 8 nitrogen and oxygen atoms in total. The maximum absolute atomic E-state index is 14.1. The Labute approximate surface area is 244 Å². The molecule has 0 N–H and O–H groups in total. The van der Waals surface area contributed by atoms with Gasteiger partial charge in [-0.2, -0.15) is 0 Å². The van der Waals surface area contributed by atoms with Gasteiger partial charge in [-0.3, -0.25) is 9.36 Å². The lowest BCUT2D eigenvalue weighted by Gasteiger charge is -2.26. The van der Waals surface area contributed by atoms with Crippen LogP contribution >= 0.6 is 22.9 Å². The fraction of sp³-hybridized carbons (Fsp3) is 0.194. The number of thiazole rings is 1. The van der Waals surface area contributed by atoms with Crippen LogP contribution in [-0.2, 0) is 9.53 Å². The summed E-state index contributed by atoms with van der Waals surface area (Å²) in [6, 6.07) is 19.3. The van der Waals surface area contributed by atoms with Crippen molar-refractivity contribution < 1.29 is 23.7 Å². The van der Waals surface area contributed by atoms with Crippen LogP contribution in [0.4, 0.5) is 0 Å². The molecule has 10 heteroatoms. The highest BCUT2D eigenvalue weighted by Crippen LogP contribution is 2.40. The number of hydrogen-bond acceptors (Lipinski definition) is 8. The van der Waals surface area contributed by atoms with Gasteiger partial charge in [0.2, 0.25) is 6.79 Å². The van der Waals surface area contributed by atoms with E-state index in [0.717, 1.165) is 11.1 Å². The summed E-state index contributed by atoms with van der Waals surface area (Å²) in [7, 11) is 0. The lowest BCUT2D eigenvalue weighted by Crippen LogP contribution is -2.40. The van der Waals surface area contributed by atoms with Crippen LogP contribution < -0.4 is 29.1 Å². The van der Waals surface area contributed by atoms with Crippen molar-refractivity contribution in [2.75, 3.05) is 20.0 Å². The third kappa shape index (κ3) is 5.03. The minimum atomic E-state index is -0.818. The van der Waals surface area contributed by atoms with Gasteiger partial charge in [-0.05, 0) is 55.3 Å². The van der Waals surface area contributed by atoms with Crippen molar-refractivity contribution in [1.82, 2.24) is 4.57 Å². The molecule has 0 amide bonds. The molecular weight excluding hydrogens is 564 g/mol. The Kier molecular flexibility index (Phi) is 7.38. The van der Waals surface area contributed by atoms with Gasteiger partial charge < -0.3 is 18.9 Å². The SMILES string of the molecule is CCOC(=O)C1=C(c2ccccc2)N=c2s/c(=C\c3ccc(OCC)c(Cl)c3)c(=O)n2[C@H]1c1ccc2c(c1)OCO2. The molecular formula is C31H25ClN2O6S. The van der Waals surface area contributed by atoms with Gasteiger partial charge in [-0.1, -0.05) is 65.4 Å². The predicted octanol–water partition coefficient (Wildman–Crippen LogP) is 4.72. The maximum Gasteiger partial charge on any atom is 0.338 e. The summed E-state index contributed by atoms with van der Waals surface area (Å²) in [5, 5.41) is 0.447. The molecule has 3 aromatic carbocycles. The number of ether oxygens (including phenoxy) is 4. The minimum absolute atomic E-state index is 0.0992. The van der Waals surface area contributed by atoms with E-state index < -0.39 is 12.0 Å². The van der Waals surface area contributed by atoms with Gasteiger partial charge in [0, 0.05) is 5.56 Å². The number of fused-ring (bicyclic) bond motifs is 2. The second-order valence-electron chi connectivity index (χ2n) is 9.17. The molecule has 0 unspecified atom stereocenters. The van der Waals surface area contributed by atoms with Crippen molar-refractivity contribution in [3.8, 4) is 17.2 Å². The van der Waals surface area contributed by atoms with E-state index >= 15 is 0 Å². The first-order valence-corrected chi connectivity index (χ1v) is 14.3. The number of hydrogen-bond donors (Lipinski definition) is 0. The van der Waals surface area contributed by atoms with Crippen LogP contribution in [0.2, 0.25) is 5.02 Å². The summed E-state index contributed by atoms with van der Waals surface area (Å²) >= 11 is 7.65. The highest BCUT2D eigenvalue weighted by atomic mass is 35.5. The summed E-state index contributed by atoms with van der Waals surface area (Å²) in [5.41, 5.74) is 2.55. The van der Waals surface area contributed by atoms with E-state index in [9.17, 15) is 9.59 Å². The molecule has 0 spiro atoms. The van der Waals surface area contributed by atoms with Crippen molar-refractivity contribution >= 4 is 40.7 Å². The average Bonchev–Trinajstić information content (AvgIpc) is 3.57. The molecule has 0 bridgehead atoms. The molecule has 2 aliphatic rings. The molecule has 0 fully saturated rings. The Morgan fingerprint density at radius 3 is 2.63 bits per heavy atom. The first-order valence-electron chi connectivity index (χ1n) is 13.1. The van der Waals surface area contributed by atoms with Crippen molar-refractivity contribution in [3.63, 3.8) is 0 Å². The van der Waals surface area contributed by atoms with E-state index in [2.05, 4.69) is 0 Å². The highest BCUT2D eigenvalue weighted by molar-refractivity contribution is 7.07.